The van der Waals surface area contributed by atoms with Gasteiger partial charge in [0.2, 0.25) is 0 Å². The van der Waals surface area contributed by atoms with Gasteiger partial charge in [-0.15, -0.1) is 6.07 Å². The first-order valence-electron chi connectivity index (χ1n) is 9.50. The maximum Gasteiger partial charge on any atom is 0.355 e. The Kier molecular flexibility index (Phi) is 5.62. The minimum absolute atomic E-state index is 0. The molecule has 33 heavy (non-hydrogen) atoms. The summed E-state index contributed by atoms with van der Waals surface area (Å²) in [5.74, 6) is -3.25. The molecule has 0 saturated heterocycles. The van der Waals surface area contributed by atoms with Crippen LogP contribution in [0.25, 0.3) is 33.2 Å². The summed E-state index contributed by atoms with van der Waals surface area (Å²) in [7, 11) is 0. The predicted octanol–water partition coefficient (Wildman–Crippen LogP) is 5.13. The van der Waals surface area contributed by atoms with Gasteiger partial charge in [-0.2, -0.15) is 0 Å². The number of furan rings is 2. The maximum absolute atomic E-state index is 14.5. The quantitative estimate of drug-likeness (QED) is 0.217. The van der Waals surface area contributed by atoms with Crippen molar-refractivity contribution in [1.29, 1.82) is 0 Å². The van der Waals surface area contributed by atoms with Crippen molar-refractivity contribution in [3.63, 3.8) is 0 Å². The second-order valence-electron chi connectivity index (χ2n) is 7.70. The van der Waals surface area contributed by atoms with E-state index < -0.39 is 23.3 Å². The van der Waals surface area contributed by atoms with Gasteiger partial charge in [0.05, 0.1) is 23.6 Å². The molecule has 170 valence electrons. The van der Waals surface area contributed by atoms with Crippen LogP contribution in [0.2, 0.25) is 0 Å². The standard InChI is InChI=1S/C23H14F2N3O4.Pt/c1-23(2,17-10-15-12(6-8-32-15)20(27-17)22(29)30)16-9-14-11(5-7-31-14)19(26-16)13-3-4-18(24)28-21(13)25;/h4-10H,1-2H3,(H,29,30);/q-1;. The number of rotatable bonds is 4. The van der Waals surface area contributed by atoms with Gasteiger partial charge in [0.15, 0.2) is 5.69 Å². The average molecular weight is 629 g/mol. The van der Waals surface area contributed by atoms with Gasteiger partial charge in [0.25, 0.3) is 0 Å². The summed E-state index contributed by atoms with van der Waals surface area (Å²) in [4.78, 5) is 23.9. The number of carboxylic acid groups (broad SMARTS) is 1. The monoisotopic (exact) mass is 629 g/mol. The Hall–Kier alpha value is -3.45. The Morgan fingerprint density at radius 3 is 2.24 bits per heavy atom. The van der Waals surface area contributed by atoms with E-state index in [2.05, 4.69) is 21.0 Å². The minimum atomic E-state index is -1.20. The summed E-state index contributed by atoms with van der Waals surface area (Å²) in [5, 5.41) is 10.5. The molecule has 5 heterocycles. The molecule has 5 aromatic heterocycles. The first-order chi connectivity index (χ1) is 15.3. The van der Waals surface area contributed by atoms with Crippen LogP contribution in [0.1, 0.15) is 35.7 Å². The van der Waals surface area contributed by atoms with E-state index in [1.165, 1.54) is 18.6 Å². The molecule has 0 aliphatic heterocycles. The predicted molar refractivity (Wildman–Crippen MR) is 109 cm³/mol. The van der Waals surface area contributed by atoms with Crippen molar-refractivity contribution in [2.45, 2.75) is 19.3 Å². The van der Waals surface area contributed by atoms with Gasteiger partial charge in [0.1, 0.15) is 23.1 Å². The van der Waals surface area contributed by atoms with Crippen LogP contribution in [-0.2, 0) is 26.5 Å². The van der Waals surface area contributed by atoms with E-state index in [0.717, 1.165) is 6.07 Å². The van der Waals surface area contributed by atoms with E-state index in [-0.39, 0.29) is 38.0 Å². The Balaban J connectivity index is 0.00000259. The van der Waals surface area contributed by atoms with E-state index in [4.69, 9.17) is 8.83 Å². The van der Waals surface area contributed by atoms with E-state index in [1.807, 2.05) is 0 Å². The largest absolute Gasteiger partial charge is 0.476 e. The Morgan fingerprint density at radius 2 is 1.61 bits per heavy atom. The van der Waals surface area contributed by atoms with Crippen molar-refractivity contribution >= 4 is 27.9 Å². The van der Waals surface area contributed by atoms with Crippen LogP contribution in [0, 0.1) is 18.0 Å². The molecule has 0 saturated carbocycles. The first kappa shape index (κ1) is 22.7. The number of halogens is 2. The van der Waals surface area contributed by atoms with Crippen LogP contribution in [-0.4, -0.2) is 26.0 Å². The molecule has 0 fully saturated rings. The number of nitrogens with zero attached hydrogens (tertiary/aromatic N) is 3. The number of pyridine rings is 3. The van der Waals surface area contributed by atoms with E-state index in [9.17, 15) is 18.7 Å². The molecule has 0 aliphatic rings. The number of aromatic carboxylic acids is 1. The summed E-state index contributed by atoms with van der Waals surface area (Å²) in [6.07, 6.45) is 2.82. The fraction of sp³-hybridized carbons (Fsp3) is 0.130. The molecule has 0 radical (unpaired) electrons. The third kappa shape index (κ3) is 3.72. The Labute approximate surface area is 199 Å². The van der Waals surface area contributed by atoms with Crippen molar-refractivity contribution in [2.24, 2.45) is 0 Å². The number of hydrogen-bond acceptors (Lipinski definition) is 6. The van der Waals surface area contributed by atoms with Crippen molar-refractivity contribution in [1.82, 2.24) is 15.0 Å². The molecule has 5 aromatic rings. The molecule has 0 atom stereocenters. The molecular formula is C23H14F2N3O4Pt-. The summed E-state index contributed by atoms with van der Waals surface area (Å²) in [6, 6.07) is 9.92. The van der Waals surface area contributed by atoms with E-state index >= 15 is 0 Å². The van der Waals surface area contributed by atoms with Gasteiger partial charge in [0, 0.05) is 55.4 Å². The minimum Gasteiger partial charge on any atom is -0.476 e. The molecule has 0 unspecified atom stereocenters. The van der Waals surface area contributed by atoms with Gasteiger partial charge in [-0.25, -0.2) is 18.6 Å². The average Bonchev–Trinajstić information content (AvgIpc) is 3.41. The molecule has 7 nitrogen and oxygen atoms in total. The third-order valence-corrected chi connectivity index (χ3v) is 5.37. The van der Waals surface area contributed by atoms with Crippen LogP contribution in [0.5, 0.6) is 0 Å². The molecule has 0 spiro atoms. The Bertz CT molecular complexity index is 1530. The fourth-order valence-corrected chi connectivity index (χ4v) is 3.60. The van der Waals surface area contributed by atoms with Crippen LogP contribution in [0.15, 0.2) is 51.7 Å². The second-order valence-corrected chi connectivity index (χ2v) is 7.70. The molecular weight excluding hydrogens is 615 g/mol. The molecule has 0 aromatic carbocycles. The van der Waals surface area contributed by atoms with Crippen molar-refractivity contribution < 1.29 is 48.6 Å². The van der Waals surface area contributed by atoms with Gasteiger partial charge in [-0.05, 0) is 26.0 Å². The number of carbonyl (C=O) groups is 1. The Morgan fingerprint density at radius 1 is 1.00 bits per heavy atom. The topological polar surface area (TPSA) is 102 Å². The zero-order valence-corrected chi connectivity index (χ0v) is 19.4. The number of aromatic nitrogens is 3. The second kappa shape index (κ2) is 8.15. The van der Waals surface area contributed by atoms with Crippen molar-refractivity contribution in [2.75, 3.05) is 0 Å². The van der Waals surface area contributed by atoms with Gasteiger partial charge >= 0.3 is 5.97 Å². The summed E-state index contributed by atoms with van der Waals surface area (Å²) < 4.78 is 38.7. The van der Waals surface area contributed by atoms with E-state index in [0.29, 0.717) is 33.3 Å². The molecule has 0 bridgehead atoms. The summed E-state index contributed by atoms with van der Waals surface area (Å²) in [6.45, 7) is 3.58. The maximum atomic E-state index is 14.5. The van der Waals surface area contributed by atoms with Crippen LogP contribution in [0.3, 0.4) is 0 Å². The molecule has 0 aliphatic carbocycles. The first-order valence-corrected chi connectivity index (χ1v) is 9.50. The van der Waals surface area contributed by atoms with Crippen molar-refractivity contribution in [3.8, 4) is 11.3 Å². The molecule has 1 N–H and O–H groups in total. The summed E-state index contributed by atoms with van der Waals surface area (Å²) >= 11 is 0. The summed E-state index contributed by atoms with van der Waals surface area (Å²) in [5.41, 5.74) is 0.531. The zero-order valence-electron chi connectivity index (χ0n) is 17.1. The smallest absolute Gasteiger partial charge is 0.355 e. The van der Waals surface area contributed by atoms with Crippen molar-refractivity contribution in [3.05, 3.63) is 77.9 Å². The van der Waals surface area contributed by atoms with Crippen LogP contribution >= 0.6 is 0 Å². The normalized spacial score (nSPS) is 11.6. The fourth-order valence-electron chi connectivity index (χ4n) is 3.60. The number of carboxylic acids is 1. The zero-order chi connectivity index (χ0) is 22.6. The SMILES string of the molecule is CC(C)(c1cc2occc2c(C(=O)O)n1)c1cc2occc2c(-c2[c-]cc(F)nc2F)n1.[Pt]. The number of hydrogen-bond donors (Lipinski definition) is 1. The van der Waals surface area contributed by atoms with Gasteiger partial charge in [-0.3, -0.25) is 9.97 Å². The molecule has 0 amide bonds. The van der Waals surface area contributed by atoms with Crippen LogP contribution in [0.4, 0.5) is 8.78 Å². The number of fused-ring (bicyclic) bond motifs is 2. The molecule has 5 rings (SSSR count). The van der Waals surface area contributed by atoms with E-state index in [1.54, 1.807) is 32.0 Å². The van der Waals surface area contributed by atoms with Gasteiger partial charge in [-0.1, -0.05) is 11.6 Å². The van der Waals surface area contributed by atoms with Gasteiger partial charge < -0.3 is 13.9 Å². The van der Waals surface area contributed by atoms with Crippen LogP contribution < -0.4 is 0 Å². The third-order valence-electron chi connectivity index (χ3n) is 5.37. The molecule has 10 heteroatoms.